The Labute approximate surface area is 200 Å². The number of carbonyl (C=O) groups excluding carboxylic acids is 1. The van der Waals surface area contributed by atoms with Crippen molar-refractivity contribution in [3.05, 3.63) is 24.3 Å². The van der Waals surface area contributed by atoms with Crippen LogP contribution in [-0.4, -0.2) is 67.9 Å². The zero-order valence-corrected chi connectivity index (χ0v) is 20.5. The molecule has 1 aromatic carbocycles. The van der Waals surface area contributed by atoms with Gasteiger partial charge in [0.1, 0.15) is 11.9 Å². The monoisotopic (exact) mass is 467 g/mol. The van der Waals surface area contributed by atoms with Gasteiger partial charge in [-0.15, -0.1) is 12.4 Å². The van der Waals surface area contributed by atoms with E-state index in [-0.39, 0.29) is 24.6 Å². The Morgan fingerprint density at radius 2 is 1.53 bits per heavy atom. The summed E-state index contributed by atoms with van der Waals surface area (Å²) in [4.78, 5) is 17.7. The van der Waals surface area contributed by atoms with E-state index < -0.39 is 0 Å². The molecule has 2 aliphatic heterocycles. The molecule has 2 saturated heterocycles. The van der Waals surface area contributed by atoms with E-state index in [4.69, 9.17) is 9.47 Å². The second kappa shape index (κ2) is 15.4. The minimum Gasteiger partial charge on any atom is -0.491 e. The van der Waals surface area contributed by atoms with Crippen molar-refractivity contribution >= 4 is 24.2 Å². The first-order chi connectivity index (χ1) is 15.2. The van der Waals surface area contributed by atoms with Gasteiger partial charge in [0.15, 0.2) is 0 Å². The number of nitrogens with zero attached hydrogens (tertiary/aromatic N) is 2. The minimum absolute atomic E-state index is 0. The molecular formula is C25H42ClN3O3. The van der Waals surface area contributed by atoms with Gasteiger partial charge >= 0.3 is 6.09 Å². The molecule has 1 aromatic rings. The van der Waals surface area contributed by atoms with Crippen molar-refractivity contribution in [3.63, 3.8) is 0 Å². The molecule has 6 nitrogen and oxygen atoms in total. The Bertz CT molecular complexity index is 629. The Morgan fingerprint density at radius 1 is 0.938 bits per heavy atom. The van der Waals surface area contributed by atoms with Crippen LogP contribution in [0.2, 0.25) is 0 Å². The summed E-state index contributed by atoms with van der Waals surface area (Å²) >= 11 is 0. The first-order valence-electron chi connectivity index (χ1n) is 12.4. The number of para-hydroxylation sites is 2. The second-order valence-corrected chi connectivity index (χ2v) is 8.93. The lowest BCUT2D eigenvalue weighted by Gasteiger charge is -2.34. The first-order valence-corrected chi connectivity index (χ1v) is 12.4. The standard InChI is InChI=1S/C25H41N3O3.ClH/c1-2-3-12-19-30-24-14-7-6-13-23(24)26-25(29)31-22(20-27-15-8-4-9-16-27)21-28-17-10-5-11-18-28;/h6-7,13-14,22H,2-5,8-12,15-21H2,1H3,(H,26,29);1H. The van der Waals surface area contributed by atoms with Crippen molar-refractivity contribution in [2.75, 3.05) is 51.2 Å². The molecule has 1 N–H and O–H groups in total. The lowest BCUT2D eigenvalue weighted by atomic mass is 10.1. The predicted octanol–water partition coefficient (Wildman–Crippen LogP) is 5.57. The highest BCUT2D eigenvalue weighted by molar-refractivity contribution is 5.86. The van der Waals surface area contributed by atoms with Crippen LogP contribution in [0.4, 0.5) is 10.5 Å². The van der Waals surface area contributed by atoms with Crippen molar-refractivity contribution in [2.45, 2.75) is 70.8 Å². The average molecular weight is 468 g/mol. The van der Waals surface area contributed by atoms with Gasteiger partial charge in [-0.25, -0.2) is 4.79 Å². The Hall–Kier alpha value is -1.50. The zero-order valence-electron chi connectivity index (χ0n) is 19.7. The minimum atomic E-state index is -0.386. The van der Waals surface area contributed by atoms with E-state index in [0.717, 1.165) is 58.5 Å². The number of likely N-dealkylation sites (tertiary alicyclic amines) is 2. The number of hydrogen-bond donors (Lipinski definition) is 1. The van der Waals surface area contributed by atoms with Crippen LogP contribution < -0.4 is 10.1 Å². The van der Waals surface area contributed by atoms with Crippen LogP contribution in [0.5, 0.6) is 5.75 Å². The van der Waals surface area contributed by atoms with Crippen molar-refractivity contribution in [1.82, 2.24) is 9.80 Å². The molecule has 32 heavy (non-hydrogen) atoms. The fraction of sp³-hybridized carbons (Fsp3) is 0.720. The first kappa shape index (κ1) is 26.7. The summed E-state index contributed by atoms with van der Waals surface area (Å²) in [6.07, 6.45) is 10.4. The molecule has 1 amide bonds. The summed E-state index contributed by atoms with van der Waals surface area (Å²) in [5.74, 6) is 0.708. The number of ether oxygens (including phenoxy) is 2. The van der Waals surface area contributed by atoms with Crippen molar-refractivity contribution in [3.8, 4) is 5.75 Å². The molecule has 182 valence electrons. The summed E-state index contributed by atoms with van der Waals surface area (Å²) in [5, 5.41) is 2.93. The van der Waals surface area contributed by atoms with Crippen LogP contribution in [0.3, 0.4) is 0 Å². The molecule has 3 rings (SSSR count). The number of unbranched alkanes of at least 4 members (excludes halogenated alkanes) is 2. The van der Waals surface area contributed by atoms with E-state index in [2.05, 4.69) is 22.0 Å². The molecule has 0 radical (unpaired) electrons. The van der Waals surface area contributed by atoms with Crippen molar-refractivity contribution in [2.24, 2.45) is 0 Å². The molecule has 0 bridgehead atoms. The number of anilines is 1. The zero-order chi connectivity index (χ0) is 21.7. The molecule has 2 aliphatic rings. The molecule has 7 heteroatoms. The highest BCUT2D eigenvalue weighted by atomic mass is 35.5. The lowest BCUT2D eigenvalue weighted by molar-refractivity contribution is 0.0438. The molecule has 2 heterocycles. The van der Waals surface area contributed by atoms with E-state index in [1.54, 1.807) is 0 Å². The molecule has 2 fully saturated rings. The fourth-order valence-corrected chi connectivity index (χ4v) is 4.51. The molecule has 0 unspecified atom stereocenters. The van der Waals surface area contributed by atoms with E-state index in [9.17, 15) is 4.79 Å². The maximum absolute atomic E-state index is 12.8. The quantitative estimate of drug-likeness (QED) is 0.431. The van der Waals surface area contributed by atoms with Gasteiger partial charge in [0.25, 0.3) is 0 Å². The van der Waals surface area contributed by atoms with E-state index in [1.807, 2.05) is 24.3 Å². The number of hydrogen-bond acceptors (Lipinski definition) is 5. The summed E-state index contributed by atoms with van der Waals surface area (Å²) in [7, 11) is 0. The third-order valence-electron chi connectivity index (χ3n) is 6.22. The molecule has 0 spiro atoms. The number of rotatable bonds is 11. The van der Waals surface area contributed by atoms with E-state index in [0.29, 0.717) is 18.0 Å². The molecule has 0 aliphatic carbocycles. The lowest BCUT2D eigenvalue weighted by Crippen LogP contribution is -2.46. The maximum atomic E-state index is 12.8. The van der Waals surface area contributed by atoms with Crippen LogP contribution in [0.25, 0.3) is 0 Å². The smallest absolute Gasteiger partial charge is 0.412 e. The van der Waals surface area contributed by atoms with Crippen LogP contribution in [-0.2, 0) is 4.74 Å². The maximum Gasteiger partial charge on any atom is 0.412 e. The normalized spacial score (nSPS) is 17.6. The topological polar surface area (TPSA) is 54.0 Å². The molecular weight excluding hydrogens is 426 g/mol. The number of piperidine rings is 2. The van der Waals surface area contributed by atoms with Gasteiger partial charge in [-0.2, -0.15) is 0 Å². The van der Waals surface area contributed by atoms with Crippen molar-refractivity contribution < 1.29 is 14.3 Å². The van der Waals surface area contributed by atoms with E-state index in [1.165, 1.54) is 38.5 Å². The Balaban J connectivity index is 0.00000363. The predicted molar refractivity (Wildman–Crippen MR) is 133 cm³/mol. The van der Waals surface area contributed by atoms with Crippen LogP contribution in [0, 0.1) is 0 Å². The number of benzene rings is 1. The highest BCUT2D eigenvalue weighted by Gasteiger charge is 2.24. The summed E-state index contributed by atoms with van der Waals surface area (Å²) in [6.45, 7) is 8.90. The van der Waals surface area contributed by atoms with Crippen LogP contribution in [0.1, 0.15) is 64.7 Å². The van der Waals surface area contributed by atoms with Gasteiger partial charge < -0.3 is 9.47 Å². The van der Waals surface area contributed by atoms with Crippen LogP contribution in [0.15, 0.2) is 24.3 Å². The summed E-state index contributed by atoms with van der Waals surface area (Å²) < 4.78 is 11.9. The second-order valence-electron chi connectivity index (χ2n) is 8.93. The number of halogens is 1. The van der Waals surface area contributed by atoms with Gasteiger partial charge in [0.2, 0.25) is 0 Å². The number of amides is 1. The molecule has 0 atom stereocenters. The highest BCUT2D eigenvalue weighted by Crippen LogP contribution is 2.24. The molecule has 0 saturated carbocycles. The fourth-order valence-electron chi connectivity index (χ4n) is 4.51. The van der Waals surface area contributed by atoms with Crippen molar-refractivity contribution in [1.29, 1.82) is 0 Å². The van der Waals surface area contributed by atoms with Gasteiger partial charge in [-0.1, -0.05) is 44.7 Å². The van der Waals surface area contributed by atoms with E-state index >= 15 is 0 Å². The van der Waals surface area contributed by atoms with Gasteiger partial charge in [-0.05, 0) is 70.4 Å². The summed E-state index contributed by atoms with van der Waals surface area (Å²) in [5.41, 5.74) is 0.679. The molecule has 0 aromatic heterocycles. The van der Waals surface area contributed by atoms with Gasteiger partial charge in [0, 0.05) is 13.1 Å². The third-order valence-corrected chi connectivity index (χ3v) is 6.22. The average Bonchev–Trinajstić information content (AvgIpc) is 2.79. The SMILES string of the molecule is CCCCCOc1ccccc1NC(=O)OC(CN1CCCCC1)CN1CCCCC1.Cl. The summed E-state index contributed by atoms with van der Waals surface area (Å²) in [6, 6.07) is 7.62. The Morgan fingerprint density at radius 3 is 2.12 bits per heavy atom. The van der Waals surface area contributed by atoms with Gasteiger partial charge in [0.05, 0.1) is 12.3 Å². The number of nitrogens with one attached hydrogen (secondary N) is 1. The third kappa shape index (κ3) is 9.55. The number of carbonyl (C=O) groups is 1. The van der Waals surface area contributed by atoms with Crippen LogP contribution >= 0.6 is 12.4 Å². The van der Waals surface area contributed by atoms with Gasteiger partial charge in [-0.3, -0.25) is 15.1 Å². The largest absolute Gasteiger partial charge is 0.491 e. The Kier molecular flexibility index (Phi) is 12.8.